The molecule has 3 atom stereocenters. The summed E-state index contributed by atoms with van der Waals surface area (Å²) >= 11 is 6.65. The number of thioether (sulfide) groups is 1. The highest BCUT2D eigenvalue weighted by Gasteiger charge is 2.42. The van der Waals surface area contributed by atoms with Crippen molar-refractivity contribution < 1.29 is 13.2 Å². The zero-order valence-corrected chi connectivity index (χ0v) is 23.6. The van der Waals surface area contributed by atoms with E-state index in [-0.39, 0.29) is 28.5 Å². The van der Waals surface area contributed by atoms with Crippen molar-refractivity contribution in [3.8, 4) is 6.07 Å². The summed E-state index contributed by atoms with van der Waals surface area (Å²) in [6, 6.07) is 1.63. The Hall–Kier alpha value is -2.16. The fraction of sp³-hybridized carbons (Fsp3) is 0.600. The second-order valence-electron chi connectivity index (χ2n) is 10.3. The number of amides is 1. The number of piperidine rings is 1. The molecule has 1 aromatic heterocycles. The van der Waals surface area contributed by atoms with Gasteiger partial charge in [0.25, 0.3) is 11.5 Å². The Morgan fingerprint density at radius 3 is 2.44 bits per heavy atom. The predicted octanol–water partition coefficient (Wildman–Crippen LogP) is 3.31. The van der Waals surface area contributed by atoms with Gasteiger partial charge in [-0.2, -0.15) is 5.26 Å². The summed E-state index contributed by atoms with van der Waals surface area (Å²) in [5.41, 5.74) is 0.998. The topological polar surface area (TPSA) is 103 Å². The van der Waals surface area contributed by atoms with Gasteiger partial charge in [-0.25, -0.2) is 8.42 Å². The molecule has 0 bridgehead atoms. The molecule has 36 heavy (non-hydrogen) atoms. The quantitative estimate of drug-likeness (QED) is 0.408. The van der Waals surface area contributed by atoms with Crippen LogP contribution in [0, 0.1) is 30.1 Å². The minimum Gasteiger partial charge on any atom is -0.357 e. The molecule has 11 heteroatoms. The number of rotatable bonds is 5. The number of nitrogens with zero attached hydrogens (tertiary/aromatic N) is 4. The lowest BCUT2D eigenvalue weighted by Crippen LogP contribution is -2.43. The van der Waals surface area contributed by atoms with Crippen molar-refractivity contribution in [3.05, 3.63) is 31.9 Å². The van der Waals surface area contributed by atoms with E-state index >= 15 is 0 Å². The van der Waals surface area contributed by atoms with Gasteiger partial charge in [-0.1, -0.05) is 44.8 Å². The van der Waals surface area contributed by atoms with Gasteiger partial charge in [0.2, 0.25) is 0 Å². The Labute approximate surface area is 222 Å². The third kappa shape index (κ3) is 5.00. The fourth-order valence-electron chi connectivity index (χ4n) is 5.66. The van der Waals surface area contributed by atoms with Gasteiger partial charge in [0.05, 0.1) is 22.5 Å². The zero-order valence-electron chi connectivity index (χ0n) is 21.1. The average molecular weight is 549 g/mol. The van der Waals surface area contributed by atoms with Crippen LogP contribution in [0.2, 0.25) is 0 Å². The van der Waals surface area contributed by atoms with Crippen LogP contribution in [0.3, 0.4) is 0 Å². The molecule has 0 spiro atoms. The summed E-state index contributed by atoms with van der Waals surface area (Å²) in [6.07, 6.45) is 3.94. The summed E-state index contributed by atoms with van der Waals surface area (Å²) < 4.78 is 26.1. The molecular weight excluding hydrogens is 517 g/mol. The molecule has 4 rings (SSSR count). The fourth-order valence-corrected chi connectivity index (χ4v) is 8.74. The van der Waals surface area contributed by atoms with Crippen LogP contribution in [-0.2, 0) is 21.2 Å². The van der Waals surface area contributed by atoms with Crippen LogP contribution in [-0.4, -0.2) is 58.7 Å². The Kier molecular flexibility index (Phi) is 7.70. The molecular formula is C25H32N4O4S3. The van der Waals surface area contributed by atoms with E-state index in [1.165, 1.54) is 4.90 Å². The van der Waals surface area contributed by atoms with Gasteiger partial charge in [-0.15, -0.1) is 0 Å². The summed E-state index contributed by atoms with van der Waals surface area (Å²) in [5, 5.41) is 9.84. The van der Waals surface area contributed by atoms with Crippen molar-refractivity contribution in [1.29, 1.82) is 5.26 Å². The average Bonchev–Trinajstić information content (AvgIpc) is 3.28. The van der Waals surface area contributed by atoms with Crippen LogP contribution in [0.4, 0.5) is 5.82 Å². The van der Waals surface area contributed by atoms with Crippen LogP contribution < -0.4 is 10.5 Å². The summed E-state index contributed by atoms with van der Waals surface area (Å²) in [5.74, 6) is 1.27. The van der Waals surface area contributed by atoms with E-state index in [2.05, 4.69) is 24.8 Å². The number of pyridine rings is 1. The van der Waals surface area contributed by atoms with Crippen molar-refractivity contribution >= 4 is 55.9 Å². The van der Waals surface area contributed by atoms with E-state index < -0.39 is 15.9 Å². The summed E-state index contributed by atoms with van der Waals surface area (Å²) in [7, 11) is -3.18. The van der Waals surface area contributed by atoms with E-state index in [9.17, 15) is 23.3 Å². The molecule has 3 aliphatic rings. The van der Waals surface area contributed by atoms with Gasteiger partial charge in [0.1, 0.15) is 21.8 Å². The number of hydrogen-bond donors (Lipinski definition) is 0. The Balaban J connectivity index is 1.86. The maximum absolute atomic E-state index is 13.5. The standard InChI is InChI=1S/C25H32N4O4S3/c1-5-7-28-22(27-12-15(2)9-16(3)13-27)19(17(4)20(11-26)23(28)30)10-21-24(31)29(25(34)35-21)18-6-8-36(32,33)14-18/h10,15-16,18H,5-9,12-14H2,1-4H3. The molecule has 3 fully saturated rings. The molecule has 3 unspecified atom stereocenters. The van der Waals surface area contributed by atoms with Crippen LogP contribution in [0.1, 0.15) is 56.7 Å². The Morgan fingerprint density at radius 1 is 1.22 bits per heavy atom. The number of carbonyl (C=O) groups is 1. The lowest BCUT2D eigenvalue weighted by Gasteiger charge is -2.39. The molecule has 3 aliphatic heterocycles. The van der Waals surface area contributed by atoms with Crippen molar-refractivity contribution in [1.82, 2.24) is 9.47 Å². The third-order valence-electron chi connectivity index (χ3n) is 7.13. The molecule has 4 heterocycles. The van der Waals surface area contributed by atoms with Gasteiger partial charge in [-0.05, 0) is 49.7 Å². The minimum absolute atomic E-state index is 0.0515. The first-order chi connectivity index (χ1) is 17.0. The zero-order chi connectivity index (χ0) is 26.4. The van der Waals surface area contributed by atoms with Crippen LogP contribution in [0.25, 0.3) is 6.08 Å². The molecule has 3 saturated heterocycles. The molecule has 0 aromatic carbocycles. The molecule has 1 amide bonds. The van der Waals surface area contributed by atoms with Crippen LogP contribution >= 0.6 is 24.0 Å². The maximum atomic E-state index is 13.5. The van der Waals surface area contributed by atoms with Gasteiger partial charge >= 0.3 is 0 Å². The number of hydrogen-bond acceptors (Lipinski definition) is 8. The van der Waals surface area contributed by atoms with Crippen molar-refractivity contribution in [3.63, 3.8) is 0 Å². The predicted molar refractivity (Wildman–Crippen MR) is 148 cm³/mol. The molecule has 0 saturated carbocycles. The highest BCUT2D eigenvalue weighted by atomic mass is 32.2. The normalized spacial score (nSPS) is 27.2. The van der Waals surface area contributed by atoms with Crippen LogP contribution in [0.5, 0.6) is 0 Å². The lowest BCUT2D eigenvalue weighted by atomic mass is 9.91. The van der Waals surface area contributed by atoms with E-state index in [1.807, 2.05) is 6.92 Å². The van der Waals surface area contributed by atoms with E-state index in [0.29, 0.717) is 45.2 Å². The highest BCUT2D eigenvalue weighted by molar-refractivity contribution is 8.26. The largest absolute Gasteiger partial charge is 0.357 e. The molecule has 0 N–H and O–H groups in total. The van der Waals surface area contributed by atoms with Crippen molar-refractivity contribution in [2.75, 3.05) is 29.5 Å². The number of sulfone groups is 1. The first-order valence-electron chi connectivity index (χ1n) is 12.4. The second kappa shape index (κ2) is 10.3. The molecule has 0 radical (unpaired) electrons. The smallest absolute Gasteiger partial charge is 0.270 e. The number of aromatic nitrogens is 1. The monoisotopic (exact) mass is 548 g/mol. The van der Waals surface area contributed by atoms with Crippen molar-refractivity contribution in [2.24, 2.45) is 11.8 Å². The summed E-state index contributed by atoms with van der Waals surface area (Å²) in [4.78, 5) is 30.9. The number of anilines is 1. The lowest BCUT2D eigenvalue weighted by molar-refractivity contribution is -0.123. The van der Waals surface area contributed by atoms with Gasteiger partial charge in [-0.3, -0.25) is 19.1 Å². The number of nitriles is 1. The van der Waals surface area contributed by atoms with E-state index in [0.717, 1.165) is 43.5 Å². The van der Waals surface area contributed by atoms with E-state index in [1.54, 1.807) is 17.6 Å². The van der Waals surface area contributed by atoms with Gasteiger partial charge < -0.3 is 4.90 Å². The first-order valence-corrected chi connectivity index (χ1v) is 15.4. The van der Waals surface area contributed by atoms with Gasteiger partial charge in [0.15, 0.2) is 9.84 Å². The SMILES string of the molecule is CCCn1c(N2CC(C)CC(C)C2)c(C=C2SC(=S)N(C3CCS(=O)(=O)C3)C2=O)c(C)c(C#N)c1=O. The van der Waals surface area contributed by atoms with E-state index in [4.69, 9.17) is 12.2 Å². The van der Waals surface area contributed by atoms with Crippen LogP contribution in [0.15, 0.2) is 9.70 Å². The summed E-state index contributed by atoms with van der Waals surface area (Å²) in [6.45, 7) is 10.2. The van der Waals surface area contributed by atoms with Crippen molar-refractivity contribution in [2.45, 2.75) is 59.5 Å². The molecule has 194 valence electrons. The minimum atomic E-state index is -3.18. The number of thiocarbonyl (C=S) groups is 1. The number of carbonyl (C=O) groups excluding carboxylic acids is 1. The first kappa shape index (κ1) is 26.9. The second-order valence-corrected chi connectivity index (χ2v) is 14.2. The third-order valence-corrected chi connectivity index (χ3v) is 10.2. The highest BCUT2D eigenvalue weighted by Crippen LogP contribution is 2.39. The maximum Gasteiger partial charge on any atom is 0.270 e. The Morgan fingerprint density at radius 2 is 1.89 bits per heavy atom. The molecule has 1 aromatic rings. The van der Waals surface area contributed by atoms with Gasteiger partial charge in [0, 0.05) is 25.2 Å². The molecule has 0 aliphatic carbocycles. The molecule has 8 nitrogen and oxygen atoms in total. The Bertz CT molecular complexity index is 1330.